The van der Waals surface area contributed by atoms with Gasteiger partial charge in [-0.15, -0.1) is 0 Å². The third-order valence-corrected chi connectivity index (χ3v) is 6.36. The number of fused-ring (bicyclic) bond motifs is 1. The summed E-state index contributed by atoms with van der Waals surface area (Å²) in [5, 5.41) is 13.4. The molecule has 4 rings (SSSR count). The first-order valence-electron chi connectivity index (χ1n) is 9.95. The molecule has 0 spiro atoms. The zero-order chi connectivity index (χ0) is 21.1. The number of benzene rings is 2. The molecule has 1 fully saturated rings. The van der Waals surface area contributed by atoms with Gasteiger partial charge in [0.2, 0.25) is 5.91 Å². The molecule has 0 radical (unpaired) electrons. The lowest BCUT2D eigenvalue weighted by Gasteiger charge is -2.22. The minimum atomic E-state index is -0.759. The molecule has 2 aromatic carbocycles. The highest BCUT2D eigenvalue weighted by molar-refractivity contribution is 7.99. The number of amides is 1. The Morgan fingerprint density at radius 1 is 1.20 bits per heavy atom. The summed E-state index contributed by atoms with van der Waals surface area (Å²) < 4.78 is 1.55. The van der Waals surface area contributed by atoms with E-state index in [-0.39, 0.29) is 17.2 Å². The van der Waals surface area contributed by atoms with Gasteiger partial charge in [0.15, 0.2) is 5.16 Å². The van der Waals surface area contributed by atoms with Crippen molar-refractivity contribution in [3.63, 3.8) is 0 Å². The summed E-state index contributed by atoms with van der Waals surface area (Å²) in [6.07, 6.45) is 3.25. The van der Waals surface area contributed by atoms with Gasteiger partial charge in [-0.2, -0.15) is 5.26 Å². The highest BCUT2D eigenvalue weighted by Crippen LogP contribution is 2.29. The molecule has 1 N–H and O–H groups in total. The largest absolute Gasteiger partial charge is 0.337 e. The van der Waals surface area contributed by atoms with Crippen molar-refractivity contribution in [3.05, 3.63) is 64.4 Å². The summed E-state index contributed by atoms with van der Waals surface area (Å²) in [7, 11) is 0. The van der Waals surface area contributed by atoms with Crippen LogP contribution in [-0.2, 0) is 4.79 Å². The van der Waals surface area contributed by atoms with Gasteiger partial charge < -0.3 is 5.32 Å². The second-order valence-corrected chi connectivity index (χ2v) is 8.57. The molecule has 3 aromatic rings. The average molecular weight is 419 g/mol. The number of carbonyl (C=O) groups is 1. The number of thioether (sulfide) groups is 1. The van der Waals surface area contributed by atoms with E-state index in [9.17, 15) is 14.9 Å². The molecule has 0 saturated heterocycles. The van der Waals surface area contributed by atoms with E-state index in [1.54, 1.807) is 16.7 Å². The van der Waals surface area contributed by atoms with Crippen LogP contribution in [0.15, 0.2) is 58.5 Å². The molecule has 0 atom stereocenters. The molecular formula is C23H22N4O2S. The molecule has 0 bridgehead atoms. The average Bonchev–Trinajstić information content (AvgIpc) is 3.22. The van der Waals surface area contributed by atoms with E-state index in [0.29, 0.717) is 34.6 Å². The van der Waals surface area contributed by atoms with Crippen LogP contribution in [0.25, 0.3) is 16.6 Å². The Morgan fingerprint density at radius 2 is 1.90 bits per heavy atom. The van der Waals surface area contributed by atoms with Gasteiger partial charge in [0.25, 0.3) is 5.56 Å². The predicted octanol–water partition coefficient (Wildman–Crippen LogP) is 3.74. The maximum atomic E-state index is 13.2. The maximum absolute atomic E-state index is 13.2. The number of nitrogens with zero attached hydrogens (tertiary/aromatic N) is 3. The smallest absolute Gasteiger partial charge is 0.266 e. The van der Waals surface area contributed by atoms with Gasteiger partial charge in [0, 0.05) is 0 Å². The molecule has 0 unspecified atom stereocenters. The summed E-state index contributed by atoms with van der Waals surface area (Å²) in [6, 6.07) is 17.1. The van der Waals surface area contributed by atoms with Crippen molar-refractivity contribution in [2.24, 2.45) is 0 Å². The molecule has 1 heterocycles. The minimum absolute atomic E-state index is 0.0834. The Labute approximate surface area is 178 Å². The number of nitrogens with one attached hydrogen (secondary N) is 1. The fraction of sp³-hybridized carbons (Fsp3) is 0.304. The Bertz CT molecular complexity index is 1190. The van der Waals surface area contributed by atoms with Crippen LogP contribution in [0.4, 0.5) is 0 Å². The quantitative estimate of drug-likeness (QED) is 0.504. The van der Waals surface area contributed by atoms with Crippen molar-refractivity contribution in [3.8, 4) is 11.8 Å². The summed E-state index contributed by atoms with van der Waals surface area (Å²) >= 11 is 1.21. The third kappa shape index (κ3) is 3.96. The van der Waals surface area contributed by atoms with E-state index in [2.05, 4.69) is 16.4 Å². The monoisotopic (exact) mass is 418 g/mol. The van der Waals surface area contributed by atoms with Gasteiger partial charge in [-0.25, -0.2) is 4.98 Å². The molecule has 30 heavy (non-hydrogen) atoms. The number of hydrogen-bond donors (Lipinski definition) is 1. The van der Waals surface area contributed by atoms with E-state index in [4.69, 9.17) is 0 Å². The highest BCUT2D eigenvalue weighted by Gasteiger charge is 2.35. The number of nitriles is 1. The summed E-state index contributed by atoms with van der Waals surface area (Å²) in [6.45, 7) is 1.99. The molecule has 1 aliphatic rings. The van der Waals surface area contributed by atoms with Crippen LogP contribution in [0.1, 0.15) is 31.2 Å². The molecule has 1 saturated carbocycles. The van der Waals surface area contributed by atoms with Gasteiger partial charge in [-0.05, 0) is 56.9 Å². The van der Waals surface area contributed by atoms with Crippen molar-refractivity contribution in [2.45, 2.75) is 43.3 Å². The molecule has 152 valence electrons. The number of para-hydroxylation sites is 1. The van der Waals surface area contributed by atoms with Crippen molar-refractivity contribution in [2.75, 3.05) is 5.75 Å². The number of carbonyl (C=O) groups excluding carboxylic acids is 1. The van der Waals surface area contributed by atoms with Crippen LogP contribution in [0.3, 0.4) is 0 Å². The lowest BCUT2D eigenvalue weighted by atomic mass is 10.0. The van der Waals surface area contributed by atoms with Crippen LogP contribution in [0.5, 0.6) is 0 Å². The molecular weight excluding hydrogens is 396 g/mol. The summed E-state index contributed by atoms with van der Waals surface area (Å²) in [4.78, 5) is 30.5. The summed E-state index contributed by atoms with van der Waals surface area (Å²) in [5.74, 6) is -0.138. The van der Waals surface area contributed by atoms with E-state index in [1.165, 1.54) is 11.8 Å². The number of hydrogen-bond acceptors (Lipinski definition) is 5. The fourth-order valence-corrected chi connectivity index (χ4v) is 4.62. The van der Waals surface area contributed by atoms with Gasteiger partial charge in [-0.1, -0.05) is 41.6 Å². The van der Waals surface area contributed by atoms with Gasteiger partial charge in [0.1, 0.15) is 5.54 Å². The fourth-order valence-electron chi connectivity index (χ4n) is 3.81. The van der Waals surface area contributed by atoms with E-state index < -0.39 is 5.54 Å². The number of rotatable bonds is 5. The van der Waals surface area contributed by atoms with E-state index in [1.807, 2.05) is 43.3 Å². The SMILES string of the molecule is Cc1ccc(-n2c(SCC(=O)NC3(C#N)CCCC3)nc3ccccc3c2=O)cc1. The molecule has 1 amide bonds. The normalized spacial score (nSPS) is 15.1. The Morgan fingerprint density at radius 3 is 2.60 bits per heavy atom. The first kappa shape index (κ1) is 20.2. The van der Waals surface area contributed by atoms with E-state index >= 15 is 0 Å². The van der Waals surface area contributed by atoms with Crippen molar-refractivity contribution < 1.29 is 4.79 Å². The Kier molecular flexibility index (Phi) is 5.60. The Balaban J connectivity index is 1.66. The number of aromatic nitrogens is 2. The van der Waals surface area contributed by atoms with Crippen LogP contribution in [-0.4, -0.2) is 26.8 Å². The summed E-state index contributed by atoms with van der Waals surface area (Å²) in [5.41, 5.74) is 1.46. The van der Waals surface area contributed by atoms with Gasteiger partial charge in [-0.3, -0.25) is 14.2 Å². The molecule has 1 aliphatic carbocycles. The zero-order valence-electron chi connectivity index (χ0n) is 16.7. The van der Waals surface area contributed by atoms with Crippen molar-refractivity contribution in [1.29, 1.82) is 5.26 Å². The van der Waals surface area contributed by atoms with E-state index in [0.717, 1.165) is 18.4 Å². The van der Waals surface area contributed by atoms with Crippen molar-refractivity contribution in [1.82, 2.24) is 14.9 Å². The lowest BCUT2D eigenvalue weighted by Crippen LogP contribution is -2.45. The third-order valence-electron chi connectivity index (χ3n) is 5.42. The van der Waals surface area contributed by atoms with Crippen LogP contribution < -0.4 is 10.9 Å². The first-order valence-corrected chi connectivity index (χ1v) is 10.9. The molecule has 7 heteroatoms. The number of aryl methyl sites for hydroxylation is 1. The van der Waals surface area contributed by atoms with Crippen LogP contribution >= 0.6 is 11.8 Å². The zero-order valence-corrected chi connectivity index (χ0v) is 17.5. The second kappa shape index (κ2) is 8.33. The minimum Gasteiger partial charge on any atom is -0.337 e. The van der Waals surface area contributed by atoms with Crippen LogP contribution in [0.2, 0.25) is 0 Å². The maximum Gasteiger partial charge on any atom is 0.266 e. The molecule has 6 nitrogen and oxygen atoms in total. The standard InChI is InChI=1S/C23H22N4O2S/c1-16-8-10-17(11-9-16)27-21(29)18-6-2-3-7-19(18)25-22(27)30-14-20(28)26-23(15-24)12-4-5-13-23/h2-3,6-11H,4-5,12-14H2,1H3,(H,26,28). The molecule has 1 aromatic heterocycles. The second-order valence-electron chi connectivity index (χ2n) is 7.63. The topological polar surface area (TPSA) is 87.8 Å². The predicted molar refractivity (Wildman–Crippen MR) is 118 cm³/mol. The van der Waals surface area contributed by atoms with Gasteiger partial charge >= 0.3 is 0 Å². The molecule has 0 aliphatic heterocycles. The lowest BCUT2D eigenvalue weighted by molar-refractivity contribution is -0.119. The van der Waals surface area contributed by atoms with Crippen molar-refractivity contribution >= 4 is 28.6 Å². The van der Waals surface area contributed by atoms with Crippen LogP contribution in [0, 0.1) is 18.3 Å². The highest BCUT2D eigenvalue weighted by atomic mass is 32.2. The first-order chi connectivity index (χ1) is 14.5. The Hall–Kier alpha value is -3.11. The van der Waals surface area contributed by atoms with Gasteiger partial charge in [0.05, 0.1) is 28.4 Å².